The third kappa shape index (κ3) is 4.29. The summed E-state index contributed by atoms with van der Waals surface area (Å²) in [6, 6.07) is 11.3. The van der Waals surface area contributed by atoms with Crippen LogP contribution in [0.25, 0.3) is 0 Å². The predicted molar refractivity (Wildman–Crippen MR) is 119 cm³/mol. The summed E-state index contributed by atoms with van der Waals surface area (Å²) < 4.78 is 21.7. The number of amides is 2. The number of hydrogen-bond acceptors (Lipinski definition) is 6. The molecule has 1 N–H and O–H groups in total. The van der Waals surface area contributed by atoms with Crippen molar-refractivity contribution in [3.05, 3.63) is 47.5 Å². The molecule has 1 saturated heterocycles. The van der Waals surface area contributed by atoms with Crippen molar-refractivity contribution in [2.45, 2.75) is 25.3 Å². The van der Waals surface area contributed by atoms with Crippen LogP contribution in [0, 0.1) is 11.8 Å². The molecule has 3 aliphatic rings. The van der Waals surface area contributed by atoms with E-state index in [1.807, 2.05) is 41.3 Å². The van der Waals surface area contributed by atoms with E-state index < -0.39 is 0 Å². The predicted octanol–water partition coefficient (Wildman–Crippen LogP) is 2.70. The molecule has 0 aromatic heterocycles. The molecule has 33 heavy (non-hydrogen) atoms. The van der Waals surface area contributed by atoms with Gasteiger partial charge in [-0.1, -0.05) is 12.1 Å². The molecular formula is C25H28N2O6. The topological polar surface area (TPSA) is 86.3 Å². The fourth-order valence-electron chi connectivity index (χ4n) is 4.65. The van der Waals surface area contributed by atoms with Gasteiger partial charge >= 0.3 is 0 Å². The zero-order chi connectivity index (χ0) is 22.9. The molecule has 2 fully saturated rings. The summed E-state index contributed by atoms with van der Waals surface area (Å²) in [5, 5.41) is 3.06. The van der Waals surface area contributed by atoms with Crippen LogP contribution in [0.3, 0.4) is 0 Å². The SMILES string of the molecule is COc1ccc([C@H]2CN(C(=O)C3CC3)C[C@@H]2C(=O)NCc2ccc3c(c2)OCO3)c(OC)c1. The molecule has 2 aliphatic heterocycles. The summed E-state index contributed by atoms with van der Waals surface area (Å²) in [5.74, 6) is 2.39. The third-order valence-corrected chi connectivity index (χ3v) is 6.64. The Hall–Kier alpha value is -3.42. The molecule has 0 unspecified atom stereocenters. The van der Waals surface area contributed by atoms with Crippen LogP contribution in [0.4, 0.5) is 0 Å². The average Bonchev–Trinajstić information content (AvgIpc) is 3.43. The zero-order valence-electron chi connectivity index (χ0n) is 18.8. The maximum Gasteiger partial charge on any atom is 0.231 e. The van der Waals surface area contributed by atoms with E-state index in [0.29, 0.717) is 42.6 Å². The number of ether oxygens (including phenoxy) is 4. The highest BCUT2D eigenvalue weighted by Crippen LogP contribution is 2.41. The molecule has 2 amide bonds. The first kappa shape index (κ1) is 21.4. The Bertz CT molecular complexity index is 1070. The van der Waals surface area contributed by atoms with Gasteiger partial charge in [-0.3, -0.25) is 9.59 Å². The quantitative estimate of drug-likeness (QED) is 0.695. The second kappa shape index (κ2) is 8.84. The minimum atomic E-state index is -0.371. The molecule has 0 radical (unpaired) electrons. The van der Waals surface area contributed by atoms with Crippen molar-refractivity contribution in [3.63, 3.8) is 0 Å². The zero-order valence-corrected chi connectivity index (χ0v) is 18.8. The molecule has 1 saturated carbocycles. The number of methoxy groups -OCH3 is 2. The number of carbonyl (C=O) groups excluding carboxylic acids is 2. The highest BCUT2D eigenvalue weighted by atomic mass is 16.7. The number of nitrogens with zero attached hydrogens (tertiary/aromatic N) is 1. The van der Waals surface area contributed by atoms with E-state index in [9.17, 15) is 9.59 Å². The lowest BCUT2D eigenvalue weighted by molar-refractivity contribution is -0.132. The molecule has 2 atom stereocenters. The first-order valence-corrected chi connectivity index (χ1v) is 11.2. The number of nitrogens with one attached hydrogen (secondary N) is 1. The minimum Gasteiger partial charge on any atom is -0.497 e. The normalized spacial score (nSPS) is 21.1. The summed E-state index contributed by atoms with van der Waals surface area (Å²) in [6.07, 6.45) is 1.87. The fourth-order valence-corrected chi connectivity index (χ4v) is 4.65. The van der Waals surface area contributed by atoms with E-state index >= 15 is 0 Å². The highest BCUT2D eigenvalue weighted by molar-refractivity contribution is 5.85. The maximum absolute atomic E-state index is 13.3. The molecular weight excluding hydrogens is 424 g/mol. The van der Waals surface area contributed by atoms with Gasteiger partial charge in [0, 0.05) is 43.1 Å². The number of carbonyl (C=O) groups is 2. The maximum atomic E-state index is 13.3. The number of fused-ring (bicyclic) bond motifs is 1. The van der Waals surface area contributed by atoms with E-state index in [1.165, 1.54) is 0 Å². The molecule has 0 bridgehead atoms. The Balaban J connectivity index is 1.35. The van der Waals surface area contributed by atoms with Crippen molar-refractivity contribution in [2.24, 2.45) is 11.8 Å². The Labute approximate surface area is 192 Å². The lowest BCUT2D eigenvalue weighted by Crippen LogP contribution is -2.35. The number of rotatable bonds is 7. The summed E-state index contributed by atoms with van der Waals surface area (Å²) in [4.78, 5) is 28.0. The molecule has 2 aromatic carbocycles. The van der Waals surface area contributed by atoms with Crippen molar-refractivity contribution >= 4 is 11.8 Å². The lowest BCUT2D eigenvalue weighted by atomic mass is 9.87. The smallest absolute Gasteiger partial charge is 0.231 e. The van der Waals surface area contributed by atoms with Crippen LogP contribution in [-0.2, 0) is 16.1 Å². The van der Waals surface area contributed by atoms with Gasteiger partial charge < -0.3 is 29.2 Å². The highest BCUT2D eigenvalue weighted by Gasteiger charge is 2.44. The molecule has 174 valence electrons. The van der Waals surface area contributed by atoms with E-state index in [1.54, 1.807) is 14.2 Å². The Morgan fingerprint density at radius 1 is 1.03 bits per heavy atom. The molecule has 2 heterocycles. The van der Waals surface area contributed by atoms with Gasteiger partial charge in [-0.2, -0.15) is 0 Å². The van der Waals surface area contributed by atoms with Gasteiger partial charge in [0.1, 0.15) is 11.5 Å². The van der Waals surface area contributed by atoms with Crippen molar-refractivity contribution in [1.82, 2.24) is 10.2 Å². The third-order valence-electron chi connectivity index (χ3n) is 6.64. The van der Waals surface area contributed by atoms with Crippen molar-refractivity contribution < 1.29 is 28.5 Å². The van der Waals surface area contributed by atoms with Crippen molar-refractivity contribution in [1.29, 1.82) is 0 Å². The molecule has 8 heteroatoms. The van der Waals surface area contributed by atoms with Crippen LogP contribution in [0.1, 0.15) is 29.9 Å². The average molecular weight is 453 g/mol. The summed E-state index contributed by atoms with van der Waals surface area (Å²) in [6.45, 7) is 1.49. The van der Waals surface area contributed by atoms with Gasteiger partial charge in [0.15, 0.2) is 11.5 Å². The van der Waals surface area contributed by atoms with Crippen LogP contribution in [-0.4, -0.2) is 50.8 Å². The van der Waals surface area contributed by atoms with Gasteiger partial charge in [0.05, 0.1) is 20.1 Å². The van der Waals surface area contributed by atoms with Crippen molar-refractivity contribution in [3.8, 4) is 23.0 Å². The Morgan fingerprint density at radius 3 is 2.61 bits per heavy atom. The summed E-state index contributed by atoms with van der Waals surface area (Å²) in [5.41, 5.74) is 1.84. The van der Waals surface area contributed by atoms with Crippen LogP contribution in [0.5, 0.6) is 23.0 Å². The monoisotopic (exact) mass is 452 g/mol. The van der Waals surface area contributed by atoms with E-state index in [-0.39, 0.29) is 36.4 Å². The Kier molecular flexibility index (Phi) is 5.74. The van der Waals surface area contributed by atoms with E-state index in [2.05, 4.69) is 5.32 Å². The summed E-state index contributed by atoms with van der Waals surface area (Å²) in [7, 11) is 3.21. The minimum absolute atomic E-state index is 0.0818. The first-order chi connectivity index (χ1) is 16.1. The summed E-state index contributed by atoms with van der Waals surface area (Å²) >= 11 is 0. The number of benzene rings is 2. The molecule has 1 aliphatic carbocycles. The van der Waals surface area contributed by atoms with E-state index in [0.717, 1.165) is 24.0 Å². The fraction of sp³-hybridized carbons (Fsp3) is 0.440. The molecule has 5 rings (SSSR count). The first-order valence-electron chi connectivity index (χ1n) is 11.2. The number of hydrogen-bond donors (Lipinski definition) is 1. The van der Waals surface area contributed by atoms with Crippen LogP contribution in [0.2, 0.25) is 0 Å². The van der Waals surface area contributed by atoms with E-state index in [4.69, 9.17) is 18.9 Å². The van der Waals surface area contributed by atoms with Gasteiger partial charge in [0.2, 0.25) is 18.6 Å². The van der Waals surface area contributed by atoms with Crippen LogP contribution in [0.15, 0.2) is 36.4 Å². The van der Waals surface area contributed by atoms with Gasteiger partial charge in [0.25, 0.3) is 0 Å². The molecule has 2 aromatic rings. The van der Waals surface area contributed by atoms with Crippen LogP contribution >= 0.6 is 0 Å². The molecule has 0 spiro atoms. The lowest BCUT2D eigenvalue weighted by Gasteiger charge is -2.21. The van der Waals surface area contributed by atoms with Gasteiger partial charge in [-0.25, -0.2) is 0 Å². The molecule has 8 nitrogen and oxygen atoms in total. The number of likely N-dealkylation sites (tertiary alicyclic amines) is 1. The Morgan fingerprint density at radius 2 is 1.85 bits per heavy atom. The second-order valence-electron chi connectivity index (χ2n) is 8.74. The van der Waals surface area contributed by atoms with Crippen LogP contribution < -0.4 is 24.3 Å². The largest absolute Gasteiger partial charge is 0.497 e. The standard InChI is InChI=1S/C25H28N2O6/c1-30-17-6-7-18(22(10-17)31-2)19-12-27(25(29)16-4-5-16)13-20(19)24(28)26-11-15-3-8-21-23(9-15)33-14-32-21/h3,6-10,16,19-20H,4-5,11-14H2,1-2H3,(H,26,28)/t19-,20+/m1/s1. The van der Waals surface area contributed by atoms with Gasteiger partial charge in [-0.15, -0.1) is 0 Å². The second-order valence-corrected chi connectivity index (χ2v) is 8.74. The van der Waals surface area contributed by atoms with Crippen molar-refractivity contribution in [2.75, 3.05) is 34.1 Å². The van der Waals surface area contributed by atoms with Gasteiger partial charge in [-0.05, 0) is 36.6 Å².